The third kappa shape index (κ3) is 2.82. The van der Waals surface area contributed by atoms with E-state index < -0.39 is 12.1 Å². The topological polar surface area (TPSA) is 62.6 Å². The van der Waals surface area contributed by atoms with Crippen LogP contribution in [0.25, 0.3) is 0 Å². The van der Waals surface area contributed by atoms with Gasteiger partial charge < -0.3 is 14.6 Å². The minimum absolute atomic E-state index is 0.0142. The van der Waals surface area contributed by atoms with E-state index in [0.29, 0.717) is 12.2 Å². The molecule has 4 atom stereocenters. The maximum atomic E-state index is 12.8. The summed E-state index contributed by atoms with van der Waals surface area (Å²) in [5.74, 6) is 0.741. The van der Waals surface area contributed by atoms with E-state index in [0.717, 1.165) is 6.42 Å². The van der Waals surface area contributed by atoms with Gasteiger partial charge in [-0.3, -0.25) is 9.59 Å². The van der Waals surface area contributed by atoms with Crippen LogP contribution in [0, 0.1) is 5.92 Å². The van der Waals surface area contributed by atoms with E-state index in [9.17, 15) is 9.59 Å². The highest BCUT2D eigenvalue weighted by molar-refractivity contribution is 5.97. The van der Waals surface area contributed by atoms with E-state index in [1.165, 1.54) is 0 Å². The Balaban J connectivity index is 2.33. The number of nitrogens with zero attached hydrogens (tertiary/aromatic N) is 1. The Kier molecular flexibility index (Phi) is 4.70. The maximum Gasteiger partial charge on any atom is 0.246 e. The Hall–Kier alpha value is -1.78. The zero-order chi connectivity index (χ0) is 15.6. The fraction of sp³-hybridized carbons (Fsp3) is 0.625. The fourth-order valence-corrected chi connectivity index (χ4v) is 2.88. The summed E-state index contributed by atoms with van der Waals surface area (Å²) in [6.45, 7) is 7.84. The summed E-state index contributed by atoms with van der Waals surface area (Å²) >= 11 is 0. The third-order valence-corrected chi connectivity index (χ3v) is 4.43. The Morgan fingerprint density at radius 2 is 2.05 bits per heavy atom. The SMILES string of the molecule is CCC(C)C1NC(=O)C(CC)N(C(C)c2ccco2)C1=O. The highest BCUT2D eigenvalue weighted by Crippen LogP contribution is 2.29. The van der Waals surface area contributed by atoms with Gasteiger partial charge in [-0.15, -0.1) is 0 Å². The summed E-state index contributed by atoms with van der Waals surface area (Å²) in [5.41, 5.74) is 0. The molecule has 1 aromatic heterocycles. The minimum atomic E-state index is -0.442. The molecular formula is C16H24N2O3. The van der Waals surface area contributed by atoms with Crippen LogP contribution in [-0.4, -0.2) is 28.8 Å². The van der Waals surface area contributed by atoms with E-state index in [1.54, 1.807) is 17.2 Å². The second-order valence-electron chi connectivity index (χ2n) is 5.73. The molecule has 0 bridgehead atoms. The molecule has 1 saturated heterocycles. The number of carbonyl (C=O) groups excluding carboxylic acids is 2. The lowest BCUT2D eigenvalue weighted by Gasteiger charge is -2.43. The van der Waals surface area contributed by atoms with Gasteiger partial charge in [-0.05, 0) is 31.4 Å². The van der Waals surface area contributed by atoms with Gasteiger partial charge in [0.15, 0.2) is 0 Å². The zero-order valence-electron chi connectivity index (χ0n) is 13.1. The molecule has 2 heterocycles. The smallest absolute Gasteiger partial charge is 0.246 e. The van der Waals surface area contributed by atoms with Gasteiger partial charge in [-0.2, -0.15) is 0 Å². The lowest BCUT2D eigenvalue weighted by molar-refractivity contribution is -0.154. The molecule has 2 amide bonds. The van der Waals surface area contributed by atoms with Crippen LogP contribution in [0.15, 0.2) is 22.8 Å². The van der Waals surface area contributed by atoms with E-state index in [1.807, 2.05) is 33.8 Å². The van der Waals surface area contributed by atoms with E-state index in [2.05, 4.69) is 5.32 Å². The Bertz CT molecular complexity index is 498. The molecule has 0 aromatic carbocycles. The third-order valence-electron chi connectivity index (χ3n) is 4.43. The number of rotatable bonds is 5. The molecule has 1 fully saturated rings. The van der Waals surface area contributed by atoms with Crippen LogP contribution in [0.3, 0.4) is 0 Å². The summed E-state index contributed by atoms with van der Waals surface area (Å²) in [7, 11) is 0. The molecule has 0 spiro atoms. The summed E-state index contributed by atoms with van der Waals surface area (Å²) in [5, 5.41) is 2.89. The van der Waals surface area contributed by atoms with Crippen LogP contribution >= 0.6 is 0 Å². The predicted octanol–water partition coefficient (Wildman–Crippen LogP) is 2.49. The average Bonchev–Trinajstić information content (AvgIpc) is 3.01. The zero-order valence-corrected chi connectivity index (χ0v) is 13.1. The first-order valence-corrected chi connectivity index (χ1v) is 7.67. The average molecular weight is 292 g/mol. The van der Waals surface area contributed by atoms with Gasteiger partial charge >= 0.3 is 0 Å². The molecule has 1 aromatic rings. The van der Waals surface area contributed by atoms with E-state index >= 15 is 0 Å². The minimum Gasteiger partial charge on any atom is -0.467 e. The van der Waals surface area contributed by atoms with Crippen molar-refractivity contribution in [3.05, 3.63) is 24.2 Å². The standard InChI is InChI=1S/C16H24N2O3/c1-5-10(3)14-16(20)18(12(6-2)15(19)17-14)11(4)13-8-7-9-21-13/h7-12,14H,5-6H2,1-4H3,(H,17,19). The van der Waals surface area contributed by atoms with Crippen molar-refractivity contribution in [3.8, 4) is 0 Å². The van der Waals surface area contributed by atoms with E-state index in [4.69, 9.17) is 4.42 Å². The molecule has 21 heavy (non-hydrogen) atoms. The van der Waals surface area contributed by atoms with Crippen LogP contribution in [0.4, 0.5) is 0 Å². The maximum absolute atomic E-state index is 12.8. The van der Waals surface area contributed by atoms with Crippen LogP contribution in [0.5, 0.6) is 0 Å². The second kappa shape index (κ2) is 6.33. The van der Waals surface area contributed by atoms with Gasteiger partial charge in [0.1, 0.15) is 17.8 Å². The Morgan fingerprint density at radius 1 is 1.33 bits per heavy atom. The fourth-order valence-electron chi connectivity index (χ4n) is 2.88. The number of carbonyl (C=O) groups is 2. The monoisotopic (exact) mass is 292 g/mol. The Labute approximate surface area is 125 Å². The van der Waals surface area contributed by atoms with Crippen molar-refractivity contribution in [1.82, 2.24) is 10.2 Å². The normalized spacial score (nSPS) is 25.6. The molecule has 1 N–H and O–H groups in total. The molecule has 0 aliphatic carbocycles. The molecule has 4 unspecified atom stereocenters. The molecule has 0 radical (unpaired) electrons. The van der Waals surface area contributed by atoms with Crippen LogP contribution < -0.4 is 5.32 Å². The van der Waals surface area contributed by atoms with Crippen molar-refractivity contribution in [3.63, 3.8) is 0 Å². The van der Waals surface area contributed by atoms with Crippen LogP contribution in [-0.2, 0) is 9.59 Å². The van der Waals surface area contributed by atoms with E-state index in [-0.39, 0.29) is 23.8 Å². The van der Waals surface area contributed by atoms with Gasteiger partial charge in [0.2, 0.25) is 11.8 Å². The summed E-state index contributed by atoms with van der Waals surface area (Å²) in [4.78, 5) is 26.9. The molecule has 1 aliphatic rings. The number of piperazine rings is 1. The van der Waals surface area contributed by atoms with Crippen molar-refractivity contribution < 1.29 is 14.0 Å². The van der Waals surface area contributed by atoms with Crippen molar-refractivity contribution in [1.29, 1.82) is 0 Å². The molecule has 0 saturated carbocycles. The van der Waals surface area contributed by atoms with Gasteiger partial charge in [0, 0.05) is 0 Å². The molecular weight excluding hydrogens is 268 g/mol. The van der Waals surface area contributed by atoms with Crippen LogP contribution in [0.1, 0.15) is 52.3 Å². The lowest BCUT2D eigenvalue weighted by atomic mass is 9.92. The van der Waals surface area contributed by atoms with Gasteiger partial charge in [0.05, 0.1) is 12.3 Å². The summed E-state index contributed by atoms with van der Waals surface area (Å²) in [6, 6.07) is 2.53. The Morgan fingerprint density at radius 3 is 2.57 bits per heavy atom. The first-order valence-electron chi connectivity index (χ1n) is 7.67. The highest BCUT2D eigenvalue weighted by Gasteiger charge is 2.44. The molecule has 5 nitrogen and oxygen atoms in total. The second-order valence-corrected chi connectivity index (χ2v) is 5.73. The number of furan rings is 1. The quantitative estimate of drug-likeness (QED) is 0.907. The number of nitrogens with one attached hydrogen (secondary N) is 1. The first-order chi connectivity index (χ1) is 10.0. The van der Waals surface area contributed by atoms with Gasteiger partial charge in [-0.25, -0.2) is 0 Å². The predicted molar refractivity (Wildman–Crippen MR) is 79.4 cm³/mol. The number of hydrogen-bond acceptors (Lipinski definition) is 3. The molecule has 116 valence electrons. The van der Waals surface area contributed by atoms with Crippen LogP contribution in [0.2, 0.25) is 0 Å². The van der Waals surface area contributed by atoms with Crippen molar-refractivity contribution in [2.45, 2.75) is 58.7 Å². The lowest BCUT2D eigenvalue weighted by Crippen LogP contribution is -2.65. The molecule has 5 heteroatoms. The number of amides is 2. The first kappa shape index (κ1) is 15.6. The largest absolute Gasteiger partial charge is 0.467 e. The summed E-state index contributed by atoms with van der Waals surface area (Å²) in [6.07, 6.45) is 3.03. The molecule has 1 aliphatic heterocycles. The van der Waals surface area contributed by atoms with Gasteiger partial charge in [-0.1, -0.05) is 27.2 Å². The van der Waals surface area contributed by atoms with Crippen molar-refractivity contribution >= 4 is 11.8 Å². The molecule has 2 rings (SSSR count). The van der Waals surface area contributed by atoms with Crippen molar-refractivity contribution in [2.24, 2.45) is 5.92 Å². The highest BCUT2D eigenvalue weighted by atomic mass is 16.3. The number of hydrogen-bond donors (Lipinski definition) is 1. The summed E-state index contributed by atoms with van der Waals surface area (Å²) < 4.78 is 5.42. The van der Waals surface area contributed by atoms with Gasteiger partial charge in [0.25, 0.3) is 0 Å². The van der Waals surface area contributed by atoms with Crippen molar-refractivity contribution in [2.75, 3.05) is 0 Å².